The van der Waals surface area contributed by atoms with E-state index in [1.54, 1.807) is 49.8 Å². The molecule has 27 heavy (non-hydrogen) atoms. The number of carbonyl (C=O) groups is 1. The molecule has 1 fully saturated rings. The first-order valence-corrected chi connectivity index (χ1v) is 8.96. The average molecular weight is 368 g/mol. The van der Waals surface area contributed by atoms with Crippen molar-refractivity contribution in [2.75, 3.05) is 31.7 Å². The monoisotopic (exact) mass is 368 g/mol. The van der Waals surface area contributed by atoms with E-state index in [2.05, 4.69) is 26.8 Å². The summed E-state index contributed by atoms with van der Waals surface area (Å²) in [4.78, 5) is 23.3. The number of hydrogen-bond acceptors (Lipinski definition) is 6. The minimum atomic E-state index is -0.113. The van der Waals surface area contributed by atoms with Crippen LogP contribution < -0.4 is 19.7 Å². The molecule has 7 heteroatoms. The molecular formula is C20H24N4O3. The van der Waals surface area contributed by atoms with Gasteiger partial charge in [0.05, 0.1) is 7.11 Å². The highest BCUT2D eigenvalue weighted by Crippen LogP contribution is 2.28. The normalized spacial score (nSPS) is 14.5. The van der Waals surface area contributed by atoms with Crippen LogP contribution in [0.15, 0.2) is 49.3 Å². The van der Waals surface area contributed by atoms with E-state index < -0.39 is 0 Å². The third kappa shape index (κ3) is 4.75. The Morgan fingerprint density at radius 1 is 1.30 bits per heavy atom. The fourth-order valence-corrected chi connectivity index (χ4v) is 3.02. The van der Waals surface area contributed by atoms with E-state index in [-0.39, 0.29) is 11.9 Å². The number of nitrogens with zero attached hydrogens (tertiary/aromatic N) is 3. The fraction of sp³-hybridized carbons (Fsp3) is 0.350. The van der Waals surface area contributed by atoms with Gasteiger partial charge in [0, 0.05) is 37.1 Å². The molecule has 0 atom stereocenters. The van der Waals surface area contributed by atoms with Crippen molar-refractivity contribution in [3.8, 4) is 11.5 Å². The van der Waals surface area contributed by atoms with Gasteiger partial charge in [-0.15, -0.1) is 0 Å². The van der Waals surface area contributed by atoms with Crippen molar-refractivity contribution in [2.24, 2.45) is 0 Å². The Bertz CT molecular complexity index is 774. The van der Waals surface area contributed by atoms with Crippen LogP contribution in [0, 0.1) is 0 Å². The zero-order valence-electron chi connectivity index (χ0n) is 15.4. The molecule has 0 unspecified atom stereocenters. The number of hydrogen-bond donors (Lipinski definition) is 1. The maximum absolute atomic E-state index is 12.6. The Morgan fingerprint density at radius 2 is 2.04 bits per heavy atom. The molecule has 1 aliphatic heterocycles. The number of benzene rings is 1. The van der Waals surface area contributed by atoms with Crippen molar-refractivity contribution < 1.29 is 14.3 Å². The summed E-state index contributed by atoms with van der Waals surface area (Å²) in [5, 5.41) is 3.10. The Labute approximate surface area is 159 Å². The molecule has 1 aromatic carbocycles. The van der Waals surface area contributed by atoms with Crippen LogP contribution >= 0.6 is 0 Å². The molecule has 0 spiro atoms. The van der Waals surface area contributed by atoms with Crippen molar-refractivity contribution >= 4 is 11.9 Å². The van der Waals surface area contributed by atoms with E-state index in [0.717, 1.165) is 31.9 Å². The van der Waals surface area contributed by atoms with Crippen molar-refractivity contribution in [2.45, 2.75) is 18.9 Å². The highest BCUT2D eigenvalue weighted by Gasteiger charge is 2.23. The zero-order chi connectivity index (χ0) is 19.1. The highest BCUT2D eigenvalue weighted by molar-refractivity contribution is 5.95. The molecule has 0 saturated carbocycles. The van der Waals surface area contributed by atoms with Gasteiger partial charge in [-0.1, -0.05) is 12.7 Å². The second-order valence-electron chi connectivity index (χ2n) is 6.25. The Balaban J connectivity index is 1.57. The largest absolute Gasteiger partial charge is 0.493 e. The molecule has 2 heterocycles. The smallest absolute Gasteiger partial charge is 0.251 e. The van der Waals surface area contributed by atoms with Gasteiger partial charge in [-0.25, -0.2) is 9.97 Å². The van der Waals surface area contributed by atoms with Crippen LogP contribution in [0.4, 0.5) is 5.95 Å². The van der Waals surface area contributed by atoms with Crippen LogP contribution in [0.1, 0.15) is 23.2 Å². The van der Waals surface area contributed by atoms with Crippen molar-refractivity contribution in [1.29, 1.82) is 0 Å². The third-order valence-electron chi connectivity index (χ3n) is 4.45. The molecule has 0 aliphatic carbocycles. The number of aromatic nitrogens is 2. The summed E-state index contributed by atoms with van der Waals surface area (Å²) < 4.78 is 10.9. The minimum Gasteiger partial charge on any atom is -0.493 e. The first-order chi connectivity index (χ1) is 13.2. The van der Waals surface area contributed by atoms with E-state index in [9.17, 15) is 4.79 Å². The lowest BCUT2D eigenvalue weighted by atomic mass is 10.0. The maximum atomic E-state index is 12.6. The number of methoxy groups -OCH3 is 1. The summed E-state index contributed by atoms with van der Waals surface area (Å²) in [7, 11) is 1.55. The Morgan fingerprint density at radius 3 is 2.70 bits per heavy atom. The molecule has 7 nitrogen and oxygen atoms in total. The van der Waals surface area contributed by atoms with Crippen LogP contribution in [0.5, 0.6) is 11.5 Å². The number of anilines is 1. The van der Waals surface area contributed by atoms with Gasteiger partial charge in [-0.05, 0) is 37.1 Å². The first kappa shape index (κ1) is 18.7. The van der Waals surface area contributed by atoms with Gasteiger partial charge < -0.3 is 19.7 Å². The lowest BCUT2D eigenvalue weighted by Gasteiger charge is -2.32. The van der Waals surface area contributed by atoms with Crippen molar-refractivity contribution in [3.63, 3.8) is 0 Å². The summed E-state index contributed by atoms with van der Waals surface area (Å²) in [6.45, 7) is 5.63. The number of piperidine rings is 1. The molecule has 0 bridgehead atoms. The number of nitrogens with one attached hydrogen (secondary N) is 1. The van der Waals surface area contributed by atoms with Crippen LogP contribution in [0.3, 0.4) is 0 Å². The van der Waals surface area contributed by atoms with Crippen LogP contribution in [0.2, 0.25) is 0 Å². The lowest BCUT2D eigenvalue weighted by molar-refractivity contribution is 0.0930. The number of carbonyl (C=O) groups excluding carboxylic acids is 1. The topological polar surface area (TPSA) is 76.6 Å². The quantitative estimate of drug-likeness (QED) is 0.757. The van der Waals surface area contributed by atoms with Gasteiger partial charge in [-0.3, -0.25) is 4.79 Å². The van der Waals surface area contributed by atoms with Gasteiger partial charge in [-0.2, -0.15) is 0 Å². The molecule has 2 aromatic rings. The maximum Gasteiger partial charge on any atom is 0.251 e. The Kier molecular flexibility index (Phi) is 6.25. The van der Waals surface area contributed by atoms with Crippen molar-refractivity contribution in [3.05, 3.63) is 54.9 Å². The summed E-state index contributed by atoms with van der Waals surface area (Å²) in [6.07, 6.45) is 6.84. The predicted octanol–water partition coefficient (Wildman–Crippen LogP) is 2.45. The van der Waals surface area contributed by atoms with E-state index in [0.29, 0.717) is 23.7 Å². The molecular weight excluding hydrogens is 344 g/mol. The minimum absolute atomic E-state index is 0.113. The predicted molar refractivity (Wildman–Crippen MR) is 103 cm³/mol. The average Bonchev–Trinajstić information content (AvgIpc) is 2.73. The molecule has 3 rings (SSSR count). The van der Waals surface area contributed by atoms with Gasteiger partial charge in [0.1, 0.15) is 6.61 Å². The Hall–Kier alpha value is -3.09. The second kappa shape index (κ2) is 9.02. The van der Waals surface area contributed by atoms with E-state index in [1.807, 2.05) is 0 Å². The van der Waals surface area contributed by atoms with E-state index in [4.69, 9.17) is 9.47 Å². The number of amides is 1. The molecule has 1 saturated heterocycles. The SMILES string of the molecule is C=CCOc1ccc(C(=O)NC2CCN(c3ncccn3)CC2)cc1OC. The molecule has 0 radical (unpaired) electrons. The van der Waals surface area contributed by atoms with Gasteiger partial charge in [0.15, 0.2) is 11.5 Å². The van der Waals surface area contributed by atoms with Crippen LogP contribution in [-0.4, -0.2) is 48.7 Å². The third-order valence-corrected chi connectivity index (χ3v) is 4.45. The zero-order valence-corrected chi connectivity index (χ0v) is 15.4. The standard InChI is InChI=1S/C20H24N4O3/c1-3-13-27-17-6-5-15(14-18(17)26-2)19(25)23-16-7-11-24(12-8-16)20-21-9-4-10-22-20/h3-6,9-10,14,16H,1,7-8,11-13H2,2H3,(H,23,25). The van der Waals surface area contributed by atoms with Gasteiger partial charge in [0.25, 0.3) is 5.91 Å². The van der Waals surface area contributed by atoms with Crippen molar-refractivity contribution in [1.82, 2.24) is 15.3 Å². The number of ether oxygens (including phenoxy) is 2. The molecule has 1 amide bonds. The van der Waals surface area contributed by atoms with E-state index in [1.165, 1.54) is 0 Å². The summed E-state index contributed by atoms with van der Waals surface area (Å²) in [6, 6.07) is 7.11. The number of rotatable bonds is 7. The molecule has 1 N–H and O–H groups in total. The van der Waals surface area contributed by atoms with Crippen LogP contribution in [-0.2, 0) is 0 Å². The summed E-state index contributed by atoms with van der Waals surface area (Å²) >= 11 is 0. The van der Waals surface area contributed by atoms with Crippen LogP contribution in [0.25, 0.3) is 0 Å². The lowest BCUT2D eigenvalue weighted by Crippen LogP contribution is -2.45. The summed E-state index contributed by atoms with van der Waals surface area (Å²) in [5.74, 6) is 1.74. The second-order valence-corrected chi connectivity index (χ2v) is 6.25. The first-order valence-electron chi connectivity index (χ1n) is 8.96. The van der Waals surface area contributed by atoms with Gasteiger partial charge in [0.2, 0.25) is 5.95 Å². The molecule has 1 aromatic heterocycles. The van der Waals surface area contributed by atoms with Gasteiger partial charge >= 0.3 is 0 Å². The highest BCUT2D eigenvalue weighted by atomic mass is 16.5. The summed E-state index contributed by atoms with van der Waals surface area (Å²) in [5.41, 5.74) is 0.548. The molecule has 142 valence electrons. The van der Waals surface area contributed by atoms with E-state index >= 15 is 0 Å². The molecule has 1 aliphatic rings. The fourth-order valence-electron chi connectivity index (χ4n) is 3.02.